The van der Waals surface area contributed by atoms with Gasteiger partial charge in [0, 0.05) is 24.5 Å². The predicted octanol–water partition coefficient (Wildman–Crippen LogP) is 3.38. The van der Waals surface area contributed by atoms with Crippen molar-refractivity contribution < 1.29 is 4.79 Å². The summed E-state index contributed by atoms with van der Waals surface area (Å²) >= 11 is 5.95. The highest BCUT2D eigenvalue weighted by atomic mass is 35.5. The molecule has 7 heteroatoms. The monoisotopic (exact) mass is 341 g/mol. The number of halogens is 1. The van der Waals surface area contributed by atoms with E-state index in [0.717, 1.165) is 11.3 Å². The van der Waals surface area contributed by atoms with Crippen molar-refractivity contribution in [2.24, 2.45) is 7.05 Å². The van der Waals surface area contributed by atoms with Gasteiger partial charge in [-0.25, -0.2) is 9.78 Å². The maximum atomic E-state index is 12.3. The SMILES string of the molecule is Cn1ccc([C@H](NC(=O)Nc2ccccn2)c2ccc(Cl)cc2)n1. The van der Waals surface area contributed by atoms with E-state index in [1.807, 2.05) is 31.4 Å². The summed E-state index contributed by atoms with van der Waals surface area (Å²) in [5.74, 6) is 0.478. The van der Waals surface area contributed by atoms with Crippen LogP contribution in [-0.2, 0) is 7.05 Å². The Kier molecular flexibility index (Phi) is 4.77. The molecular weight excluding hydrogens is 326 g/mol. The second-order valence-electron chi connectivity index (χ2n) is 5.21. The summed E-state index contributed by atoms with van der Waals surface area (Å²) < 4.78 is 1.69. The Morgan fingerprint density at radius 1 is 1.17 bits per heavy atom. The molecule has 2 heterocycles. The molecule has 2 amide bonds. The number of nitrogens with one attached hydrogen (secondary N) is 2. The first-order valence-corrected chi connectivity index (χ1v) is 7.73. The van der Waals surface area contributed by atoms with E-state index in [2.05, 4.69) is 20.7 Å². The van der Waals surface area contributed by atoms with Crippen LogP contribution in [0.4, 0.5) is 10.6 Å². The number of benzene rings is 1. The fraction of sp³-hybridized carbons (Fsp3) is 0.118. The van der Waals surface area contributed by atoms with Crippen LogP contribution in [-0.4, -0.2) is 20.8 Å². The molecule has 0 aliphatic heterocycles. The van der Waals surface area contributed by atoms with Crippen LogP contribution in [0.1, 0.15) is 17.3 Å². The van der Waals surface area contributed by atoms with Crippen molar-refractivity contribution in [1.82, 2.24) is 20.1 Å². The molecule has 0 spiro atoms. The number of hydrogen-bond donors (Lipinski definition) is 2. The number of anilines is 1. The molecule has 0 unspecified atom stereocenters. The van der Waals surface area contributed by atoms with Crippen LogP contribution in [0.2, 0.25) is 5.02 Å². The maximum absolute atomic E-state index is 12.3. The minimum absolute atomic E-state index is 0.362. The van der Waals surface area contributed by atoms with Gasteiger partial charge in [0.15, 0.2) is 0 Å². The van der Waals surface area contributed by atoms with Gasteiger partial charge in [-0.2, -0.15) is 5.10 Å². The van der Waals surface area contributed by atoms with E-state index >= 15 is 0 Å². The standard InChI is InChI=1S/C17H16ClN5O/c1-23-11-9-14(22-23)16(12-5-7-13(18)8-6-12)21-17(24)20-15-4-2-3-10-19-15/h2-11,16H,1H3,(H2,19,20,21,24)/t16-/m1/s1. The number of hydrogen-bond acceptors (Lipinski definition) is 3. The smallest absolute Gasteiger partial charge is 0.321 e. The third kappa shape index (κ3) is 3.91. The quantitative estimate of drug-likeness (QED) is 0.764. The average molecular weight is 342 g/mol. The second-order valence-corrected chi connectivity index (χ2v) is 5.65. The summed E-state index contributed by atoms with van der Waals surface area (Å²) in [5, 5.41) is 10.7. The summed E-state index contributed by atoms with van der Waals surface area (Å²) in [5.41, 5.74) is 1.62. The van der Waals surface area contributed by atoms with E-state index in [1.54, 1.807) is 41.2 Å². The number of aromatic nitrogens is 3. The second kappa shape index (κ2) is 7.14. The highest BCUT2D eigenvalue weighted by molar-refractivity contribution is 6.30. The van der Waals surface area contributed by atoms with E-state index in [0.29, 0.717) is 10.8 Å². The Morgan fingerprint density at radius 2 is 1.96 bits per heavy atom. The van der Waals surface area contributed by atoms with E-state index in [9.17, 15) is 4.79 Å². The van der Waals surface area contributed by atoms with Crippen molar-refractivity contribution in [3.8, 4) is 0 Å². The molecule has 0 aliphatic rings. The largest absolute Gasteiger partial charge is 0.325 e. The Balaban J connectivity index is 1.82. The van der Waals surface area contributed by atoms with Crippen molar-refractivity contribution in [2.75, 3.05) is 5.32 Å². The van der Waals surface area contributed by atoms with Crippen LogP contribution in [0, 0.1) is 0 Å². The third-order valence-corrected chi connectivity index (χ3v) is 3.67. The molecular formula is C17H16ClN5O. The molecule has 0 saturated heterocycles. The number of pyridine rings is 1. The molecule has 0 saturated carbocycles. The molecule has 2 N–H and O–H groups in total. The lowest BCUT2D eigenvalue weighted by Gasteiger charge is -2.18. The van der Waals surface area contributed by atoms with Gasteiger partial charge in [-0.15, -0.1) is 0 Å². The predicted molar refractivity (Wildman–Crippen MR) is 92.9 cm³/mol. The van der Waals surface area contributed by atoms with Gasteiger partial charge in [-0.3, -0.25) is 10.00 Å². The fourth-order valence-corrected chi connectivity index (χ4v) is 2.42. The lowest BCUT2D eigenvalue weighted by Crippen LogP contribution is -2.33. The van der Waals surface area contributed by atoms with E-state index in [1.165, 1.54) is 0 Å². The van der Waals surface area contributed by atoms with Crippen molar-refractivity contribution >= 4 is 23.4 Å². The first kappa shape index (κ1) is 16.0. The third-order valence-electron chi connectivity index (χ3n) is 3.42. The lowest BCUT2D eigenvalue weighted by atomic mass is 10.0. The van der Waals surface area contributed by atoms with Crippen LogP contribution in [0.5, 0.6) is 0 Å². The lowest BCUT2D eigenvalue weighted by molar-refractivity contribution is 0.250. The number of nitrogens with zero attached hydrogens (tertiary/aromatic N) is 3. The molecule has 0 aliphatic carbocycles. The summed E-state index contributed by atoms with van der Waals surface area (Å²) in [6.07, 6.45) is 3.45. The molecule has 0 radical (unpaired) electrons. The van der Waals surface area contributed by atoms with Crippen molar-refractivity contribution in [3.05, 3.63) is 77.2 Å². The maximum Gasteiger partial charge on any atom is 0.321 e. The van der Waals surface area contributed by atoms with E-state index in [4.69, 9.17) is 11.6 Å². The summed E-state index contributed by atoms with van der Waals surface area (Å²) in [6, 6.07) is 13.7. The zero-order valence-electron chi connectivity index (χ0n) is 13.0. The number of urea groups is 1. The molecule has 3 rings (SSSR count). The van der Waals surface area contributed by atoms with E-state index < -0.39 is 6.04 Å². The van der Waals surface area contributed by atoms with Gasteiger partial charge in [0.1, 0.15) is 11.9 Å². The highest BCUT2D eigenvalue weighted by Crippen LogP contribution is 2.22. The minimum atomic E-state index is -0.396. The Labute approximate surface area is 144 Å². The number of rotatable bonds is 4. The molecule has 1 atom stereocenters. The zero-order valence-corrected chi connectivity index (χ0v) is 13.7. The average Bonchev–Trinajstić information content (AvgIpc) is 3.01. The number of amides is 2. The first-order chi connectivity index (χ1) is 11.6. The summed E-state index contributed by atoms with van der Waals surface area (Å²) in [6.45, 7) is 0. The number of carbonyl (C=O) groups excluding carboxylic acids is 1. The van der Waals surface area contributed by atoms with Gasteiger partial charge in [0.05, 0.1) is 5.69 Å². The molecule has 6 nitrogen and oxygen atoms in total. The molecule has 2 aromatic heterocycles. The summed E-state index contributed by atoms with van der Waals surface area (Å²) in [7, 11) is 1.83. The van der Waals surface area contributed by atoms with Gasteiger partial charge in [0.2, 0.25) is 0 Å². The normalized spacial score (nSPS) is 11.8. The van der Waals surface area contributed by atoms with Gasteiger partial charge in [-0.1, -0.05) is 29.8 Å². The molecule has 0 bridgehead atoms. The van der Waals surface area contributed by atoms with Gasteiger partial charge in [-0.05, 0) is 35.9 Å². The Morgan fingerprint density at radius 3 is 2.58 bits per heavy atom. The number of aryl methyl sites for hydroxylation is 1. The Bertz CT molecular complexity index is 817. The van der Waals surface area contributed by atoms with Crippen LogP contribution < -0.4 is 10.6 Å². The minimum Gasteiger partial charge on any atom is -0.325 e. The van der Waals surface area contributed by atoms with Gasteiger partial charge < -0.3 is 5.32 Å². The van der Waals surface area contributed by atoms with Crippen LogP contribution in [0.25, 0.3) is 0 Å². The molecule has 1 aromatic carbocycles. The number of carbonyl (C=O) groups is 1. The van der Waals surface area contributed by atoms with Crippen LogP contribution >= 0.6 is 11.6 Å². The summed E-state index contributed by atoms with van der Waals surface area (Å²) in [4.78, 5) is 16.4. The molecule has 0 fully saturated rings. The Hall–Kier alpha value is -2.86. The first-order valence-electron chi connectivity index (χ1n) is 7.35. The zero-order chi connectivity index (χ0) is 16.9. The molecule has 122 valence electrons. The van der Waals surface area contributed by atoms with Crippen molar-refractivity contribution in [1.29, 1.82) is 0 Å². The van der Waals surface area contributed by atoms with Crippen LogP contribution in [0.3, 0.4) is 0 Å². The van der Waals surface area contributed by atoms with Crippen molar-refractivity contribution in [2.45, 2.75) is 6.04 Å². The van der Waals surface area contributed by atoms with Gasteiger partial charge >= 0.3 is 6.03 Å². The van der Waals surface area contributed by atoms with Crippen molar-refractivity contribution in [3.63, 3.8) is 0 Å². The van der Waals surface area contributed by atoms with E-state index in [-0.39, 0.29) is 6.03 Å². The molecule has 3 aromatic rings. The highest BCUT2D eigenvalue weighted by Gasteiger charge is 2.19. The van der Waals surface area contributed by atoms with Gasteiger partial charge in [0.25, 0.3) is 0 Å². The topological polar surface area (TPSA) is 71.8 Å². The molecule has 24 heavy (non-hydrogen) atoms. The van der Waals surface area contributed by atoms with Crippen LogP contribution in [0.15, 0.2) is 60.9 Å². The fourth-order valence-electron chi connectivity index (χ4n) is 2.29.